The molecule has 0 bridgehead atoms. The summed E-state index contributed by atoms with van der Waals surface area (Å²) in [6, 6.07) is 18.4. The number of rotatable bonds is 5. The molecule has 1 atom stereocenters. The molecule has 1 aliphatic heterocycles. The van der Waals surface area contributed by atoms with Crippen molar-refractivity contribution >= 4 is 5.91 Å². The molecule has 30 heavy (non-hydrogen) atoms. The number of morpholine rings is 1. The molecule has 6 nitrogen and oxygen atoms in total. The van der Waals surface area contributed by atoms with Crippen molar-refractivity contribution in [3.8, 4) is 11.8 Å². The third-order valence-electron chi connectivity index (χ3n) is 4.85. The van der Waals surface area contributed by atoms with Crippen LogP contribution in [0.4, 0.5) is 4.39 Å². The van der Waals surface area contributed by atoms with E-state index >= 15 is 0 Å². The zero-order chi connectivity index (χ0) is 20.9. The molecule has 152 valence electrons. The number of para-hydroxylation sites is 1. The van der Waals surface area contributed by atoms with Gasteiger partial charge in [0, 0.05) is 6.54 Å². The standard InChI is InChI=1S/C23H19FN2O4/c24-18-7-5-16(6-8-18)22-14-26(11-12-28-22)23(27)21-10-9-19(30-21)15-29-20-4-2-1-3-17(20)13-25/h1-10,22H,11-12,14-15H2/t22-/m0/s1. The topological polar surface area (TPSA) is 75.7 Å². The Morgan fingerprint density at radius 3 is 2.77 bits per heavy atom. The van der Waals surface area contributed by atoms with Crippen molar-refractivity contribution in [1.29, 1.82) is 5.26 Å². The Morgan fingerprint density at radius 2 is 1.97 bits per heavy atom. The molecular formula is C23H19FN2O4. The highest BCUT2D eigenvalue weighted by Gasteiger charge is 2.27. The zero-order valence-electron chi connectivity index (χ0n) is 16.1. The monoisotopic (exact) mass is 406 g/mol. The molecule has 1 aromatic heterocycles. The van der Waals surface area contributed by atoms with Gasteiger partial charge in [0.2, 0.25) is 0 Å². The summed E-state index contributed by atoms with van der Waals surface area (Å²) in [5.41, 5.74) is 1.25. The summed E-state index contributed by atoms with van der Waals surface area (Å²) in [6.45, 7) is 1.29. The molecule has 1 aliphatic rings. The third-order valence-corrected chi connectivity index (χ3v) is 4.85. The summed E-state index contributed by atoms with van der Waals surface area (Å²) >= 11 is 0. The SMILES string of the molecule is N#Cc1ccccc1OCc1ccc(C(=O)N2CCO[C@H](c3ccc(F)cc3)C2)o1. The first kappa shape index (κ1) is 19.7. The van der Waals surface area contributed by atoms with E-state index in [4.69, 9.17) is 19.2 Å². The largest absolute Gasteiger partial charge is 0.484 e. The van der Waals surface area contributed by atoms with Gasteiger partial charge in [-0.25, -0.2) is 4.39 Å². The van der Waals surface area contributed by atoms with Gasteiger partial charge in [-0.2, -0.15) is 5.26 Å². The van der Waals surface area contributed by atoms with Crippen LogP contribution in [0.3, 0.4) is 0 Å². The van der Waals surface area contributed by atoms with Crippen molar-refractivity contribution in [2.75, 3.05) is 19.7 Å². The van der Waals surface area contributed by atoms with Crippen LogP contribution in [0.1, 0.15) is 33.5 Å². The van der Waals surface area contributed by atoms with Gasteiger partial charge >= 0.3 is 0 Å². The minimum Gasteiger partial charge on any atom is -0.484 e. The van der Waals surface area contributed by atoms with Gasteiger partial charge in [0.1, 0.15) is 36.1 Å². The Kier molecular flexibility index (Phi) is 5.77. The second-order valence-corrected chi connectivity index (χ2v) is 6.82. The second-order valence-electron chi connectivity index (χ2n) is 6.82. The Balaban J connectivity index is 1.39. The van der Waals surface area contributed by atoms with Gasteiger partial charge in [-0.15, -0.1) is 0 Å². The molecule has 1 fully saturated rings. The predicted molar refractivity (Wildman–Crippen MR) is 105 cm³/mol. The molecule has 0 radical (unpaired) electrons. The maximum Gasteiger partial charge on any atom is 0.289 e. The van der Waals surface area contributed by atoms with Crippen LogP contribution in [0.25, 0.3) is 0 Å². The summed E-state index contributed by atoms with van der Waals surface area (Å²) in [4.78, 5) is 14.5. The Bertz CT molecular complexity index is 1070. The summed E-state index contributed by atoms with van der Waals surface area (Å²) < 4.78 is 30.2. The first-order valence-electron chi connectivity index (χ1n) is 9.51. The lowest BCUT2D eigenvalue weighted by molar-refractivity contribution is -0.0238. The molecule has 0 spiro atoms. The van der Waals surface area contributed by atoms with Crippen LogP contribution in [0.2, 0.25) is 0 Å². The summed E-state index contributed by atoms with van der Waals surface area (Å²) in [6.07, 6.45) is -0.316. The number of nitrogens with zero attached hydrogens (tertiary/aromatic N) is 2. The molecular weight excluding hydrogens is 387 g/mol. The second kappa shape index (κ2) is 8.80. The van der Waals surface area contributed by atoms with E-state index in [9.17, 15) is 9.18 Å². The highest BCUT2D eigenvalue weighted by Crippen LogP contribution is 2.24. The average molecular weight is 406 g/mol. The number of nitriles is 1. The van der Waals surface area contributed by atoms with Gasteiger partial charge in [0.05, 0.1) is 18.7 Å². The highest BCUT2D eigenvalue weighted by molar-refractivity contribution is 5.91. The van der Waals surface area contributed by atoms with Crippen molar-refractivity contribution in [3.05, 3.63) is 89.1 Å². The van der Waals surface area contributed by atoms with Crippen LogP contribution in [0, 0.1) is 17.1 Å². The number of furan rings is 1. The Hall–Kier alpha value is -3.63. The number of amides is 1. The van der Waals surface area contributed by atoms with Crippen LogP contribution in [0.15, 0.2) is 65.1 Å². The first-order chi connectivity index (χ1) is 14.6. The molecule has 7 heteroatoms. The first-order valence-corrected chi connectivity index (χ1v) is 9.51. The maximum atomic E-state index is 13.2. The molecule has 2 heterocycles. The lowest BCUT2D eigenvalue weighted by atomic mass is 10.1. The number of halogens is 1. The number of ether oxygens (including phenoxy) is 2. The van der Waals surface area contributed by atoms with Crippen molar-refractivity contribution in [2.45, 2.75) is 12.7 Å². The lowest BCUT2D eigenvalue weighted by Crippen LogP contribution is -2.42. The number of hydrogen-bond donors (Lipinski definition) is 0. The van der Waals surface area contributed by atoms with Crippen LogP contribution in [0.5, 0.6) is 5.75 Å². The van der Waals surface area contributed by atoms with Crippen LogP contribution in [-0.2, 0) is 11.3 Å². The average Bonchev–Trinajstić information content (AvgIpc) is 3.27. The van der Waals surface area contributed by atoms with Crippen LogP contribution < -0.4 is 4.74 Å². The number of carbonyl (C=O) groups is 1. The molecule has 1 saturated heterocycles. The van der Waals surface area contributed by atoms with E-state index in [1.54, 1.807) is 53.4 Å². The van der Waals surface area contributed by atoms with E-state index in [0.29, 0.717) is 36.8 Å². The van der Waals surface area contributed by atoms with Crippen molar-refractivity contribution < 1.29 is 23.1 Å². The van der Waals surface area contributed by atoms with Gasteiger partial charge in [-0.3, -0.25) is 4.79 Å². The quantitative estimate of drug-likeness (QED) is 0.638. The van der Waals surface area contributed by atoms with Crippen LogP contribution in [-0.4, -0.2) is 30.5 Å². The predicted octanol–water partition coefficient (Wildman–Crippen LogP) is 4.08. The normalized spacial score (nSPS) is 16.1. The molecule has 3 aromatic rings. The van der Waals surface area contributed by atoms with Gasteiger partial charge in [-0.05, 0) is 42.0 Å². The molecule has 2 aromatic carbocycles. The number of carbonyl (C=O) groups excluding carboxylic acids is 1. The van der Waals surface area contributed by atoms with E-state index in [0.717, 1.165) is 5.56 Å². The summed E-state index contributed by atoms with van der Waals surface area (Å²) in [7, 11) is 0. The van der Waals surface area contributed by atoms with Crippen LogP contribution >= 0.6 is 0 Å². The molecule has 1 amide bonds. The van der Waals surface area contributed by atoms with Crippen molar-refractivity contribution in [3.63, 3.8) is 0 Å². The molecule has 0 unspecified atom stereocenters. The fourth-order valence-corrected chi connectivity index (χ4v) is 3.27. The van der Waals surface area contributed by atoms with Gasteiger partial charge < -0.3 is 18.8 Å². The van der Waals surface area contributed by atoms with Gasteiger partial charge in [0.25, 0.3) is 5.91 Å². The lowest BCUT2D eigenvalue weighted by Gasteiger charge is -2.32. The van der Waals surface area contributed by atoms with E-state index in [-0.39, 0.29) is 30.2 Å². The number of benzene rings is 2. The van der Waals surface area contributed by atoms with E-state index in [1.165, 1.54) is 12.1 Å². The molecule has 4 rings (SSSR count). The van der Waals surface area contributed by atoms with Gasteiger partial charge in [-0.1, -0.05) is 24.3 Å². The minimum atomic E-state index is -0.316. The fraction of sp³-hybridized carbons (Fsp3) is 0.217. The Labute approximate surface area is 173 Å². The third kappa shape index (κ3) is 4.34. The molecule has 0 aliphatic carbocycles. The highest BCUT2D eigenvalue weighted by atomic mass is 19.1. The van der Waals surface area contributed by atoms with Crippen molar-refractivity contribution in [1.82, 2.24) is 4.90 Å². The van der Waals surface area contributed by atoms with E-state index in [1.807, 2.05) is 0 Å². The smallest absolute Gasteiger partial charge is 0.289 e. The van der Waals surface area contributed by atoms with Gasteiger partial charge in [0.15, 0.2) is 5.76 Å². The van der Waals surface area contributed by atoms with E-state index < -0.39 is 0 Å². The number of hydrogen-bond acceptors (Lipinski definition) is 5. The Morgan fingerprint density at radius 1 is 1.17 bits per heavy atom. The fourth-order valence-electron chi connectivity index (χ4n) is 3.27. The summed E-state index contributed by atoms with van der Waals surface area (Å²) in [5, 5.41) is 9.12. The minimum absolute atomic E-state index is 0.104. The molecule has 0 saturated carbocycles. The molecule has 0 N–H and O–H groups in total. The zero-order valence-corrected chi connectivity index (χ0v) is 16.1. The maximum absolute atomic E-state index is 13.2. The summed E-state index contributed by atoms with van der Waals surface area (Å²) in [5.74, 6) is 0.593. The van der Waals surface area contributed by atoms with E-state index in [2.05, 4.69) is 6.07 Å². The van der Waals surface area contributed by atoms with Crippen molar-refractivity contribution in [2.24, 2.45) is 0 Å².